The van der Waals surface area contributed by atoms with Gasteiger partial charge in [-0.3, -0.25) is 4.99 Å². The first kappa shape index (κ1) is 20.2. The van der Waals surface area contributed by atoms with Gasteiger partial charge in [0, 0.05) is 32.2 Å². The van der Waals surface area contributed by atoms with E-state index in [2.05, 4.69) is 20.5 Å². The van der Waals surface area contributed by atoms with E-state index in [0.29, 0.717) is 12.1 Å². The lowest BCUT2D eigenvalue weighted by molar-refractivity contribution is 0.289. The van der Waals surface area contributed by atoms with Gasteiger partial charge in [0.25, 0.3) is 0 Å². The molecular weight excluding hydrogens is 406 g/mol. The Bertz CT molecular complexity index is 473. The predicted molar refractivity (Wildman–Crippen MR) is 105 cm³/mol. The van der Waals surface area contributed by atoms with E-state index in [9.17, 15) is 4.39 Å². The van der Waals surface area contributed by atoms with Crippen LogP contribution in [0.5, 0.6) is 0 Å². The lowest BCUT2D eigenvalue weighted by Crippen LogP contribution is -2.41. The van der Waals surface area contributed by atoms with Crippen LogP contribution in [0, 0.1) is 5.82 Å². The van der Waals surface area contributed by atoms with Gasteiger partial charge in [0.2, 0.25) is 0 Å². The average molecular weight is 434 g/mol. The zero-order valence-electron chi connectivity index (χ0n) is 13.9. The van der Waals surface area contributed by atoms with Crippen LogP contribution in [0.15, 0.2) is 29.3 Å². The lowest BCUT2D eigenvalue weighted by atomic mass is 10.2. The van der Waals surface area contributed by atoms with Crippen molar-refractivity contribution in [2.24, 2.45) is 4.99 Å². The quantitative estimate of drug-likeness (QED) is 0.425. The average Bonchev–Trinajstić information content (AvgIpc) is 2.81. The van der Waals surface area contributed by atoms with Crippen LogP contribution in [0.1, 0.15) is 31.2 Å². The van der Waals surface area contributed by atoms with E-state index in [0.717, 1.165) is 19.0 Å². The molecule has 2 rings (SSSR count). The minimum absolute atomic E-state index is 0. The van der Waals surface area contributed by atoms with E-state index in [1.165, 1.54) is 44.8 Å². The molecule has 4 nitrogen and oxygen atoms in total. The fourth-order valence-electron chi connectivity index (χ4n) is 2.73. The zero-order valence-corrected chi connectivity index (χ0v) is 16.2. The monoisotopic (exact) mass is 434 g/mol. The first-order valence-electron chi connectivity index (χ1n) is 8.20. The van der Waals surface area contributed by atoms with Gasteiger partial charge in [-0.05, 0) is 32.0 Å². The van der Waals surface area contributed by atoms with E-state index in [-0.39, 0.29) is 29.8 Å². The van der Waals surface area contributed by atoms with Gasteiger partial charge in [-0.25, -0.2) is 4.39 Å². The molecule has 0 radical (unpaired) electrons. The molecule has 1 aliphatic heterocycles. The van der Waals surface area contributed by atoms with Gasteiger partial charge in [0.1, 0.15) is 5.82 Å². The summed E-state index contributed by atoms with van der Waals surface area (Å²) in [5.74, 6) is 0.535. The van der Waals surface area contributed by atoms with Crippen molar-refractivity contribution in [1.82, 2.24) is 15.5 Å². The summed E-state index contributed by atoms with van der Waals surface area (Å²) in [5, 5.41) is 6.46. The van der Waals surface area contributed by atoms with Gasteiger partial charge < -0.3 is 15.5 Å². The van der Waals surface area contributed by atoms with Crippen LogP contribution in [-0.2, 0) is 6.54 Å². The summed E-state index contributed by atoms with van der Waals surface area (Å²) in [6.07, 6.45) is 5.33. The van der Waals surface area contributed by atoms with Crippen molar-refractivity contribution in [3.05, 3.63) is 35.6 Å². The van der Waals surface area contributed by atoms with E-state index in [1.54, 1.807) is 19.2 Å². The van der Waals surface area contributed by atoms with Crippen molar-refractivity contribution in [3.63, 3.8) is 0 Å². The molecule has 1 aromatic rings. The van der Waals surface area contributed by atoms with Crippen molar-refractivity contribution >= 4 is 29.9 Å². The molecule has 130 valence electrons. The summed E-state index contributed by atoms with van der Waals surface area (Å²) in [6, 6.07) is 6.81. The van der Waals surface area contributed by atoms with Crippen LogP contribution in [0.25, 0.3) is 0 Å². The topological polar surface area (TPSA) is 39.7 Å². The molecular formula is C17H28FIN4. The Morgan fingerprint density at radius 2 is 1.83 bits per heavy atom. The van der Waals surface area contributed by atoms with E-state index in [1.807, 2.05) is 6.07 Å². The molecule has 0 aliphatic carbocycles. The molecule has 1 saturated heterocycles. The number of hydrogen-bond donors (Lipinski definition) is 2. The van der Waals surface area contributed by atoms with Crippen molar-refractivity contribution in [2.45, 2.75) is 32.2 Å². The molecule has 0 atom stereocenters. The SMILES string of the molecule is CN=C(NCCN1CCCCCC1)NCc1ccccc1F.I. The number of rotatable bonds is 5. The number of nitrogens with zero attached hydrogens (tertiary/aromatic N) is 2. The summed E-state index contributed by atoms with van der Waals surface area (Å²) in [4.78, 5) is 6.69. The van der Waals surface area contributed by atoms with Crippen molar-refractivity contribution < 1.29 is 4.39 Å². The van der Waals surface area contributed by atoms with E-state index in [4.69, 9.17) is 0 Å². The number of aliphatic imine (C=N–C) groups is 1. The molecule has 0 saturated carbocycles. The normalized spacial score (nSPS) is 16.3. The van der Waals surface area contributed by atoms with E-state index >= 15 is 0 Å². The molecule has 0 amide bonds. The third-order valence-electron chi connectivity index (χ3n) is 4.05. The summed E-state index contributed by atoms with van der Waals surface area (Å²) in [7, 11) is 1.74. The minimum Gasteiger partial charge on any atom is -0.355 e. The number of hydrogen-bond acceptors (Lipinski definition) is 2. The second-order valence-corrected chi connectivity index (χ2v) is 5.70. The Labute approximate surface area is 156 Å². The maximum atomic E-state index is 13.6. The molecule has 0 bridgehead atoms. The highest BCUT2D eigenvalue weighted by Crippen LogP contribution is 2.08. The van der Waals surface area contributed by atoms with Crippen molar-refractivity contribution in [1.29, 1.82) is 0 Å². The summed E-state index contributed by atoms with van der Waals surface area (Å²) in [6.45, 7) is 4.72. The summed E-state index contributed by atoms with van der Waals surface area (Å²) in [5.41, 5.74) is 0.651. The third kappa shape index (κ3) is 7.48. The third-order valence-corrected chi connectivity index (χ3v) is 4.05. The molecule has 1 aromatic carbocycles. The molecule has 23 heavy (non-hydrogen) atoms. The van der Waals surface area contributed by atoms with Gasteiger partial charge >= 0.3 is 0 Å². The highest BCUT2D eigenvalue weighted by Gasteiger charge is 2.08. The largest absolute Gasteiger partial charge is 0.355 e. The Morgan fingerprint density at radius 1 is 1.13 bits per heavy atom. The second-order valence-electron chi connectivity index (χ2n) is 5.70. The van der Waals surface area contributed by atoms with Crippen LogP contribution >= 0.6 is 24.0 Å². The van der Waals surface area contributed by atoms with Crippen LogP contribution in [-0.4, -0.2) is 44.1 Å². The molecule has 0 aromatic heterocycles. The van der Waals surface area contributed by atoms with Crippen LogP contribution in [0.4, 0.5) is 4.39 Å². The number of guanidine groups is 1. The van der Waals surface area contributed by atoms with Gasteiger partial charge in [0.15, 0.2) is 5.96 Å². The first-order chi connectivity index (χ1) is 10.8. The lowest BCUT2D eigenvalue weighted by Gasteiger charge is -2.20. The fourth-order valence-corrected chi connectivity index (χ4v) is 2.73. The van der Waals surface area contributed by atoms with Gasteiger partial charge in [-0.1, -0.05) is 31.0 Å². The first-order valence-corrected chi connectivity index (χ1v) is 8.20. The Hall–Kier alpha value is -0.890. The molecule has 1 fully saturated rings. The maximum absolute atomic E-state index is 13.6. The smallest absolute Gasteiger partial charge is 0.191 e. The Balaban J connectivity index is 0.00000264. The number of nitrogens with one attached hydrogen (secondary N) is 2. The maximum Gasteiger partial charge on any atom is 0.191 e. The Kier molecular flexibility index (Phi) is 10.2. The van der Waals surface area contributed by atoms with Crippen molar-refractivity contribution in [2.75, 3.05) is 33.2 Å². The molecule has 0 spiro atoms. The van der Waals surface area contributed by atoms with Gasteiger partial charge in [-0.15, -0.1) is 24.0 Å². The molecule has 1 aliphatic rings. The van der Waals surface area contributed by atoms with Gasteiger partial charge in [0.05, 0.1) is 0 Å². The highest BCUT2D eigenvalue weighted by molar-refractivity contribution is 14.0. The Morgan fingerprint density at radius 3 is 2.48 bits per heavy atom. The molecule has 2 N–H and O–H groups in total. The molecule has 6 heteroatoms. The number of halogens is 2. The predicted octanol–water partition coefficient (Wildman–Crippen LogP) is 2.98. The van der Waals surface area contributed by atoms with Crippen molar-refractivity contribution in [3.8, 4) is 0 Å². The zero-order chi connectivity index (χ0) is 15.6. The standard InChI is InChI=1S/C17H27FN4.HI/c1-19-17(21-14-15-8-4-5-9-16(15)18)20-10-13-22-11-6-2-3-7-12-22;/h4-5,8-9H,2-3,6-7,10-14H2,1H3,(H2,19,20,21);1H. The summed E-state index contributed by atoms with van der Waals surface area (Å²) < 4.78 is 13.6. The minimum atomic E-state index is -0.185. The van der Waals surface area contributed by atoms with Gasteiger partial charge in [-0.2, -0.15) is 0 Å². The second kappa shape index (κ2) is 11.6. The molecule has 0 unspecified atom stereocenters. The van der Waals surface area contributed by atoms with Crippen LogP contribution in [0.2, 0.25) is 0 Å². The molecule has 1 heterocycles. The highest BCUT2D eigenvalue weighted by atomic mass is 127. The van der Waals surface area contributed by atoms with Crippen LogP contribution in [0.3, 0.4) is 0 Å². The number of likely N-dealkylation sites (tertiary alicyclic amines) is 1. The van der Waals surface area contributed by atoms with E-state index < -0.39 is 0 Å². The number of benzene rings is 1. The fraction of sp³-hybridized carbons (Fsp3) is 0.588. The summed E-state index contributed by atoms with van der Waals surface area (Å²) >= 11 is 0. The van der Waals surface area contributed by atoms with Crippen LogP contribution < -0.4 is 10.6 Å².